The molecule has 1 aromatic carbocycles. The Morgan fingerprint density at radius 2 is 1.70 bits per heavy atom. The molecule has 2 amide bonds. The number of aryl methyl sites for hydroxylation is 1. The number of carbonyl (C=O) groups excluding carboxylic acids is 3. The molecule has 1 unspecified atom stereocenters. The summed E-state index contributed by atoms with van der Waals surface area (Å²) in [5, 5.41) is 11.3. The second-order valence-electron chi connectivity index (χ2n) is 7.14. The maximum absolute atomic E-state index is 12.3. The van der Waals surface area contributed by atoms with E-state index in [0.717, 1.165) is 5.56 Å². The van der Waals surface area contributed by atoms with E-state index in [9.17, 15) is 32.7 Å². The molecule has 0 aliphatic heterocycles. The predicted molar refractivity (Wildman–Crippen MR) is 109 cm³/mol. The van der Waals surface area contributed by atoms with Gasteiger partial charge in [0.05, 0.1) is 12.3 Å². The molecule has 1 aromatic rings. The fourth-order valence-electron chi connectivity index (χ4n) is 2.63. The van der Waals surface area contributed by atoms with E-state index >= 15 is 0 Å². The zero-order valence-corrected chi connectivity index (χ0v) is 17.6. The number of primary amides is 1. The van der Waals surface area contributed by atoms with Crippen molar-refractivity contribution >= 4 is 33.6 Å². The number of nitrogens with one attached hydrogen (secondary N) is 2. The van der Waals surface area contributed by atoms with Crippen LogP contribution in [0.2, 0.25) is 0 Å². The van der Waals surface area contributed by atoms with Crippen molar-refractivity contribution in [2.45, 2.75) is 32.7 Å². The summed E-state index contributed by atoms with van der Waals surface area (Å²) in [5.41, 5.74) is 5.90. The number of carbonyl (C=O) groups is 4. The Bertz CT molecular complexity index is 869. The van der Waals surface area contributed by atoms with Gasteiger partial charge in [-0.15, -0.1) is 0 Å². The van der Waals surface area contributed by atoms with Gasteiger partial charge in [0.15, 0.2) is 11.8 Å². The number of aliphatic carboxylic acids is 1. The summed E-state index contributed by atoms with van der Waals surface area (Å²) in [6.07, 6.45) is -0.0945. The fourth-order valence-corrected chi connectivity index (χ4v) is 3.64. The molecule has 1 rings (SSSR count). The van der Waals surface area contributed by atoms with Crippen LogP contribution in [0.5, 0.6) is 0 Å². The SMILES string of the molecule is CC(C)[C@H](CC(N)=O)C(=O)NC(C(=O)O)C(=O)CNS(=O)(=O)CCc1ccccc1. The van der Waals surface area contributed by atoms with Crippen LogP contribution < -0.4 is 15.8 Å². The summed E-state index contributed by atoms with van der Waals surface area (Å²) in [6, 6.07) is 6.89. The molecule has 0 heterocycles. The number of hydrogen-bond donors (Lipinski definition) is 4. The summed E-state index contributed by atoms with van der Waals surface area (Å²) in [5.74, 6) is -5.79. The molecule has 11 heteroatoms. The maximum atomic E-state index is 12.3. The average Bonchev–Trinajstić information content (AvgIpc) is 2.67. The van der Waals surface area contributed by atoms with Crippen LogP contribution in [0.25, 0.3) is 0 Å². The average molecular weight is 442 g/mol. The molecule has 0 aromatic heterocycles. The van der Waals surface area contributed by atoms with Gasteiger partial charge in [0.2, 0.25) is 21.8 Å². The normalized spacial score (nSPS) is 13.4. The number of sulfonamides is 1. The summed E-state index contributed by atoms with van der Waals surface area (Å²) < 4.78 is 26.2. The number of carboxylic acids is 1. The van der Waals surface area contributed by atoms with Crippen molar-refractivity contribution in [1.82, 2.24) is 10.0 Å². The van der Waals surface area contributed by atoms with Crippen LogP contribution in [0, 0.1) is 11.8 Å². The van der Waals surface area contributed by atoms with E-state index in [0.29, 0.717) is 0 Å². The highest BCUT2D eigenvalue weighted by molar-refractivity contribution is 7.89. The second kappa shape index (κ2) is 11.4. The molecule has 2 atom stereocenters. The summed E-state index contributed by atoms with van der Waals surface area (Å²) in [7, 11) is -3.85. The predicted octanol–water partition coefficient (Wildman–Crippen LogP) is -0.565. The van der Waals surface area contributed by atoms with E-state index in [2.05, 4.69) is 10.0 Å². The van der Waals surface area contributed by atoms with Crippen molar-refractivity contribution < 1.29 is 32.7 Å². The summed E-state index contributed by atoms with van der Waals surface area (Å²) in [6.45, 7) is 2.49. The monoisotopic (exact) mass is 441 g/mol. The van der Waals surface area contributed by atoms with Crippen LogP contribution in [-0.2, 0) is 35.6 Å². The molecule has 5 N–H and O–H groups in total. The van der Waals surface area contributed by atoms with Gasteiger partial charge in [-0.2, -0.15) is 0 Å². The first-order chi connectivity index (χ1) is 13.9. The molecular weight excluding hydrogens is 414 g/mol. The van der Waals surface area contributed by atoms with Crippen molar-refractivity contribution in [2.75, 3.05) is 12.3 Å². The van der Waals surface area contributed by atoms with Crippen LogP contribution in [0.4, 0.5) is 0 Å². The summed E-state index contributed by atoms with van der Waals surface area (Å²) in [4.78, 5) is 47.1. The fraction of sp³-hybridized carbons (Fsp3) is 0.474. The first kappa shape index (κ1) is 25.2. The van der Waals surface area contributed by atoms with E-state index in [4.69, 9.17) is 5.73 Å². The van der Waals surface area contributed by atoms with E-state index in [1.54, 1.807) is 44.2 Å². The quantitative estimate of drug-likeness (QED) is 0.297. The van der Waals surface area contributed by atoms with Crippen LogP contribution in [0.1, 0.15) is 25.8 Å². The number of ketones is 1. The smallest absolute Gasteiger partial charge is 0.334 e. The Kier molecular flexibility index (Phi) is 9.60. The number of benzene rings is 1. The first-order valence-corrected chi connectivity index (χ1v) is 10.9. The van der Waals surface area contributed by atoms with Gasteiger partial charge in [-0.25, -0.2) is 17.9 Å². The van der Waals surface area contributed by atoms with Gasteiger partial charge < -0.3 is 16.2 Å². The lowest BCUT2D eigenvalue weighted by atomic mass is 9.91. The number of rotatable bonds is 13. The lowest BCUT2D eigenvalue weighted by Gasteiger charge is -2.21. The van der Waals surface area contributed by atoms with Crippen molar-refractivity contribution in [3.63, 3.8) is 0 Å². The molecule has 0 bridgehead atoms. The Morgan fingerprint density at radius 3 is 2.20 bits per heavy atom. The number of Topliss-reactive ketones (excluding diaryl/α,β-unsaturated/α-hetero) is 1. The van der Waals surface area contributed by atoms with E-state index in [1.165, 1.54) is 0 Å². The molecule has 0 saturated heterocycles. The van der Waals surface area contributed by atoms with Crippen molar-refractivity contribution in [1.29, 1.82) is 0 Å². The van der Waals surface area contributed by atoms with Gasteiger partial charge in [-0.05, 0) is 17.9 Å². The second-order valence-corrected chi connectivity index (χ2v) is 9.07. The van der Waals surface area contributed by atoms with Crippen molar-refractivity contribution in [3.8, 4) is 0 Å². The Balaban J connectivity index is 2.71. The Morgan fingerprint density at radius 1 is 1.10 bits per heavy atom. The molecule has 166 valence electrons. The minimum atomic E-state index is -3.85. The Labute approximate surface area is 175 Å². The highest BCUT2D eigenvalue weighted by atomic mass is 32.2. The molecule has 0 saturated carbocycles. The number of hydrogen-bond acceptors (Lipinski definition) is 6. The van der Waals surface area contributed by atoms with Gasteiger partial charge in [0.25, 0.3) is 0 Å². The third-order valence-corrected chi connectivity index (χ3v) is 5.71. The first-order valence-electron chi connectivity index (χ1n) is 9.28. The van der Waals surface area contributed by atoms with Crippen LogP contribution >= 0.6 is 0 Å². The number of carboxylic acid groups (broad SMARTS) is 1. The largest absolute Gasteiger partial charge is 0.479 e. The molecular formula is C19H27N3O7S. The zero-order chi connectivity index (χ0) is 22.9. The number of nitrogens with two attached hydrogens (primary N) is 1. The van der Waals surface area contributed by atoms with Crippen LogP contribution in [-0.4, -0.2) is 55.4 Å². The topological polar surface area (TPSA) is 173 Å². The molecule has 0 fully saturated rings. The van der Waals surface area contributed by atoms with Crippen LogP contribution in [0.15, 0.2) is 30.3 Å². The standard InChI is InChI=1S/C19H27N3O7S/c1-12(2)14(10-16(20)24)18(25)22-17(19(26)27)15(23)11-21-30(28,29)9-8-13-6-4-3-5-7-13/h3-7,12,14,17,21H,8-11H2,1-2H3,(H2,20,24)(H,22,25)(H,26,27)/t14-,17?/m0/s1. The minimum Gasteiger partial charge on any atom is -0.479 e. The third kappa shape index (κ3) is 8.70. The highest BCUT2D eigenvalue weighted by Crippen LogP contribution is 2.15. The van der Waals surface area contributed by atoms with E-state index in [1.807, 2.05) is 0 Å². The molecule has 30 heavy (non-hydrogen) atoms. The lowest BCUT2D eigenvalue weighted by molar-refractivity contribution is -0.146. The highest BCUT2D eigenvalue weighted by Gasteiger charge is 2.32. The lowest BCUT2D eigenvalue weighted by Crippen LogP contribution is -2.52. The molecule has 0 radical (unpaired) electrons. The van der Waals surface area contributed by atoms with Crippen LogP contribution in [0.3, 0.4) is 0 Å². The van der Waals surface area contributed by atoms with Gasteiger partial charge >= 0.3 is 5.97 Å². The third-order valence-electron chi connectivity index (χ3n) is 4.39. The van der Waals surface area contributed by atoms with E-state index < -0.39 is 52.1 Å². The molecule has 0 spiro atoms. The minimum absolute atomic E-state index is 0.215. The van der Waals surface area contributed by atoms with Crippen molar-refractivity contribution in [3.05, 3.63) is 35.9 Å². The molecule has 0 aliphatic rings. The van der Waals surface area contributed by atoms with Gasteiger partial charge in [-0.3, -0.25) is 14.4 Å². The van der Waals surface area contributed by atoms with Gasteiger partial charge in [-0.1, -0.05) is 44.2 Å². The van der Waals surface area contributed by atoms with E-state index in [-0.39, 0.29) is 24.5 Å². The molecule has 0 aliphatic carbocycles. The van der Waals surface area contributed by atoms with Gasteiger partial charge in [0.1, 0.15) is 0 Å². The number of amides is 2. The summed E-state index contributed by atoms with van der Waals surface area (Å²) >= 11 is 0. The zero-order valence-electron chi connectivity index (χ0n) is 16.8. The Hall–Kier alpha value is -2.79. The van der Waals surface area contributed by atoms with Crippen molar-refractivity contribution in [2.24, 2.45) is 17.6 Å². The molecule has 10 nitrogen and oxygen atoms in total. The van der Waals surface area contributed by atoms with Gasteiger partial charge in [0, 0.05) is 12.3 Å². The maximum Gasteiger partial charge on any atom is 0.334 e.